The highest BCUT2D eigenvalue weighted by Gasteiger charge is 2.42. The molecule has 0 unspecified atom stereocenters. The molecule has 0 N–H and O–H groups in total. The molecule has 0 fully saturated rings. The number of benzene rings is 1. The highest BCUT2D eigenvalue weighted by molar-refractivity contribution is 9.11. The minimum Gasteiger partial charge on any atom is -0.479 e. The molecule has 0 atom stereocenters. The van der Waals surface area contributed by atoms with Crippen LogP contribution in [0.1, 0.15) is 50.0 Å². The van der Waals surface area contributed by atoms with Crippen molar-refractivity contribution in [2.24, 2.45) is 0 Å². The highest BCUT2D eigenvalue weighted by atomic mass is 79.9. The zero-order valence-electron chi connectivity index (χ0n) is 15.1. The molecule has 144 valence electrons. The Hall–Kier alpha value is -1.84. The summed E-state index contributed by atoms with van der Waals surface area (Å²) in [7, 11) is 0. The van der Waals surface area contributed by atoms with E-state index in [4.69, 9.17) is 15.9 Å². The Morgan fingerprint density at radius 2 is 1.54 bits per heavy atom. The van der Waals surface area contributed by atoms with Crippen molar-refractivity contribution in [2.75, 3.05) is 6.61 Å². The van der Waals surface area contributed by atoms with Gasteiger partial charge in [0.1, 0.15) is 23.9 Å². The van der Waals surface area contributed by atoms with Gasteiger partial charge >= 0.3 is 0 Å². The molecule has 28 heavy (non-hydrogen) atoms. The van der Waals surface area contributed by atoms with Gasteiger partial charge in [-0.05, 0) is 62.4 Å². The molecule has 0 bridgehead atoms. The second-order valence-corrected chi connectivity index (χ2v) is 8.78. The van der Waals surface area contributed by atoms with Gasteiger partial charge in [0.15, 0.2) is 11.6 Å². The van der Waals surface area contributed by atoms with E-state index in [2.05, 4.69) is 37.8 Å². The van der Waals surface area contributed by atoms with Crippen LogP contribution in [0, 0.1) is 12.3 Å². The fraction of sp³-hybridized carbons (Fsp3) is 0.364. The zero-order valence-corrected chi connectivity index (χ0v) is 18.3. The molecule has 2 aliphatic carbocycles. The van der Waals surface area contributed by atoms with Crippen molar-refractivity contribution in [2.45, 2.75) is 44.4 Å². The molecule has 6 heteroatoms. The Labute approximate surface area is 180 Å². The highest BCUT2D eigenvalue weighted by Crippen LogP contribution is 2.49. The summed E-state index contributed by atoms with van der Waals surface area (Å²) < 4.78 is 13.1. The summed E-state index contributed by atoms with van der Waals surface area (Å²) in [6, 6.07) is 3.82. The predicted octanol–water partition coefficient (Wildman–Crippen LogP) is 5.35. The van der Waals surface area contributed by atoms with Crippen LogP contribution < -0.4 is 4.74 Å². The van der Waals surface area contributed by atoms with Crippen LogP contribution in [0.3, 0.4) is 0 Å². The lowest BCUT2D eigenvalue weighted by Gasteiger charge is -2.36. The molecule has 1 heterocycles. The normalized spacial score (nSPS) is 19.8. The zero-order chi connectivity index (χ0) is 19.8. The van der Waals surface area contributed by atoms with E-state index >= 15 is 0 Å². The van der Waals surface area contributed by atoms with Crippen LogP contribution in [0.25, 0.3) is 0 Å². The van der Waals surface area contributed by atoms with Gasteiger partial charge in [-0.25, -0.2) is 0 Å². The number of carbonyl (C=O) groups is 2. The standard InChI is InChI=1S/C22H18Br2O4/c1-2-9-27-22-13(23)10-12(11-14(22)24)19-20-15(25)5-3-7-17(20)28-18-8-4-6-16(26)21(18)19/h1,10-11,19H,3-9H2. The number of rotatable bonds is 3. The topological polar surface area (TPSA) is 52.6 Å². The summed E-state index contributed by atoms with van der Waals surface area (Å²) in [6.45, 7) is 0.148. The molecule has 0 amide bonds. The molecular formula is C22H18Br2O4. The number of Topliss-reactive ketones (excluding diaryl/α,β-unsaturated/α-hetero) is 2. The lowest BCUT2D eigenvalue weighted by atomic mass is 9.73. The number of hydrogen-bond donors (Lipinski definition) is 0. The Bertz CT molecular complexity index is 916. The third-order valence-electron chi connectivity index (χ3n) is 5.29. The molecule has 0 spiro atoms. The lowest BCUT2D eigenvalue weighted by Crippen LogP contribution is -2.30. The summed E-state index contributed by atoms with van der Waals surface area (Å²) in [6.07, 6.45) is 9.30. The maximum absolute atomic E-state index is 12.8. The van der Waals surface area contributed by atoms with Gasteiger partial charge in [-0.2, -0.15) is 0 Å². The molecule has 1 aliphatic heterocycles. The van der Waals surface area contributed by atoms with Gasteiger partial charge in [0, 0.05) is 42.7 Å². The molecular weight excluding hydrogens is 488 g/mol. The van der Waals surface area contributed by atoms with Gasteiger partial charge in [-0.1, -0.05) is 5.92 Å². The van der Waals surface area contributed by atoms with Gasteiger partial charge in [-0.15, -0.1) is 6.42 Å². The van der Waals surface area contributed by atoms with Crippen molar-refractivity contribution in [3.63, 3.8) is 0 Å². The Balaban J connectivity index is 1.87. The van der Waals surface area contributed by atoms with Crippen molar-refractivity contribution >= 4 is 43.4 Å². The first kappa shape index (κ1) is 19.5. The molecule has 4 rings (SSSR count). The summed E-state index contributed by atoms with van der Waals surface area (Å²) in [4.78, 5) is 25.7. The van der Waals surface area contributed by atoms with Crippen LogP contribution >= 0.6 is 31.9 Å². The first-order chi connectivity index (χ1) is 13.5. The third-order valence-corrected chi connectivity index (χ3v) is 6.47. The Morgan fingerprint density at radius 3 is 2.04 bits per heavy atom. The molecule has 4 nitrogen and oxygen atoms in total. The van der Waals surface area contributed by atoms with E-state index in [9.17, 15) is 9.59 Å². The number of terminal acetylenes is 1. The van der Waals surface area contributed by atoms with Gasteiger partial charge < -0.3 is 9.47 Å². The average Bonchev–Trinajstić information content (AvgIpc) is 2.66. The second kappa shape index (κ2) is 7.88. The number of halogens is 2. The van der Waals surface area contributed by atoms with Crippen molar-refractivity contribution in [1.29, 1.82) is 0 Å². The SMILES string of the molecule is C#CCOc1c(Br)cc(C2C3=C(CCCC3=O)OC3=C2C(=O)CCC3)cc1Br. The quantitative estimate of drug-likeness (QED) is 0.519. The van der Waals surface area contributed by atoms with Crippen molar-refractivity contribution in [1.82, 2.24) is 0 Å². The Kier molecular flexibility index (Phi) is 5.48. The molecule has 0 saturated carbocycles. The van der Waals surface area contributed by atoms with E-state index in [1.165, 1.54) is 0 Å². The van der Waals surface area contributed by atoms with E-state index in [0.29, 0.717) is 29.7 Å². The van der Waals surface area contributed by atoms with Crippen molar-refractivity contribution < 1.29 is 19.1 Å². The first-order valence-electron chi connectivity index (χ1n) is 9.26. The van der Waals surface area contributed by atoms with Crippen LogP contribution in [0.5, 0.6) is 5.75 Å². The van der Waals surface area contributed by atoms with E-state index < -0.39 is 5.92 Å². The van der Waals surface area contributed by atoms with Crippen LogP contribution in [0.4, 0.5) is 0 Å². The summed E-state index contributed by atoms with van der Waals surface area (Å²) in [5, 5.41) is 0. The Morgan fingerprint density at radius 1 is 1.00 bits per heavy atom. The summed E-state index contributed by atoms with van der Waals surface area (Å²) in [5.41, 5.74) is 2.13. The predicted molar refractivity (Wildman–Crippen MR) is 112 cm³/mol. The molecule has 3 aliphatic rings. The summed E-state index contributed by atoms with van der Waals surface area (Å²) >= 11 is 7.09. The maximum atomic E-state index is 12.8. The van der Waals surface area contributed by atoms with Gasteiger partial charge in [0.05, 0.1) is 8.95 Å². The molecule has 0 radical (unpaired) electrons. The molecule has 1 aromatic rings. The van der Waals surface area contributed by atoms with Crippen LogP contribution in [-0.2, 0) is 14.3 Å². The van der Waals surface area contributed by atoms with Crippen LogP contribution in [0.15, 0.2) is 43.7 Å². The number of ether oxygens (including phenoxy) is 2. The minimum absolute atomic E-state index is 0.0658. The van der Waals surface area contributed by atoms with Gasteiger partial charge in [-0.3, -0.25) is 9.59 Å². The third kappa shape index (κ3) is 3.35. The fourth-order valence-electron chi connectivity index (χ4n) is 4.15. The molecule has 0 aromatic heterocycles. The van der Waals surface area contributed by atoms with Gasteiger partial charge in [0.2, 0.25) is 0 Å². The average molecular weight is 506 g/mol. The van der Waals surface area contributed by atoms with E-state index in [1.54, 1.807) is 0 Å². The van der Waals surface area contributed by atoms with Crippen LogP contribution in [-0.4, -0.2) is 18.2 Å². The second-order valence-electron chi connectivity index (χ2n) is 7.07. The van der Waals surface area contributed by atoms with Crippen molar-refractivity contribution in [3.8, 4) is 18.1 Å². The van der Waals surface area contributed by atoms with Gasteiger partial charge in [0.25, 0.3) is 0 Å². The van der Waals surface area contributed by atoms with Crippen LogP contribution in [0.2, 0.25) is 0 Å². The van der Waals surface area contributed by atoms with E-state index in [-0.39, 0.29) is 18.2 Å². The minimum atomic E-state index is -0.395. The summed E-state index contributed by atoms with van der Waals surface area (Å²) in [5.74, 6) is 4.25. The number of hydrogen-bond acceptors (Lipinski definition) is 4. The first-order valence-corrected chi connectivity index (χ1v) is 10.9. The monoisotopic (exact) mass is 504 g/mol. The van der Waals surface area contributed by atoms with E-state index in [1.807, 2.05) is 12.1 Å². The largest absolute Gasteiger partial charge is 0.479 e. The molecule has 0 saturated heterocycles. The maximum Gasteiger partial charge on any atom is 0.163 e. The van der Waals surface area contributed by atoms with E-state index in [0.717, 1.165) is 51.7 Å². The number of ketones is 2. The number of allylic oxidation sites excluding steroid dienone is 4. The fourth-order valence-corrected chi connectivity index (χ4v) is 5.60. The molecule has 1 aromatic carbocycles. The smallest absolute Gasteiger partial charge is 0.163 e. The lowest BCUT2D eigenvalue weighted by molar-refractivity contribution is -0.117. The number of carbonyl (C=O) groups excluding carboxylic acids is 2. The van der Waals surface area contributed by atoms with Crippen molar-refractivity contribution in [3.05, 3.63) is 49.3 Å².